The number of hydrogen-bond acceptors (Lipinski definition) is 4. The van der Waals surface area contributed by atoms with Crippen LogP contribution in [0.1, 0.15) is 43.7 Å². The van der Waals surface area contributed by atoms with Gasteiger partial charge in [0, 0.05) is 18.4 Å². The van der Waals surface area contributed by atoms with Crippen LogP contribution in [0.2, 0.25) is 0 Å². The molecule has 0 aliphatic rings. The standard InChI is InChI=1S/C16H18F4O4/c1-2-9-23-14(21)7-4-8-15(22)24-10-11-12(16(18,19)20)5-3-6-13(11)17/h3,5-6H,2,4,7-10H2,1H3. The number of alkyl halides is 3. The van der Waals surface area contributed by atoms with Crippen molar-refractivity contribution < 1.29 is 36.6 Å². The van der Waals surface area contributed by atoms with Crippen molar-refractivity contribution in [2.75, 3.05) is 6.61 Å². The van der Waals surface area contributed by atoms with Gasteiger partial charge in [0.1, 0.15) is 12.4 Å². The lowest BCUT2D eigenvalue weighted by molar-refractivity contribution is -0.148. The van der Waals surface area contributed by atoms with Crippen LogP contribution in [0.25, 0.3) is 0 Å². The quantitative estimate of drug-likeness (QED) is 0.525. The van der Waals surface area contributed by atoms with Gasteiger partial charge in [0.05, 0.1) is 12.2 Å². The third-order valence-corrected chi connectivity index (χ3v) is 3.03. The van der Waals surface area contributed by atoms with Crippen molar-refractivity contribution in [1.82, 2.24) is 0 Å². The molecule has 0 fully saturated rings. The number of carbonyl (C=O) groups is 2. The van der Waals surface area contributed by atoms with Gasteiger partial charge >= 0.3 is 18.1 Å². The SMILES string of the molecule is CCCOC(=O)CCCC(=O)OCc1c(F)cccc1C(F)(F)F. The monoisotopic (exact) mass is 350 g/mol. The molecule has 0 N–H and O–H groups in total. The molecule has 134 valence electrons. The van der Waals surface area contributed by atoms with Gasteiger partial charge in [-0.3, -0.25) is 9.59 Å². The smallest absolute Gasteiger partial charge is 0.416 e. The Morgan fingerprint density at radius 1 is 1.08 bits per heavy atom. The zero-order valence-corrected chi connectivity index (χ0v) is 13.1. The topological polar surface area (TPSA) is 52.6 Å². The van der Waals surface area contributed by atoms with Crippen molar-refractivity contribution in [3.63, 3.8) is 0 Å². The summed E-state index contributed by atoms with van der Waals surface area (Å²) in [6.07, 6.45) is -4.09. The Hall–Kier alpha value is -2.12. The lowest BCUT2D eigenvalue weighted by Gasteiger charge is -2.13. The molecule has 24 heavy (non-hydrogen) atoms. The third-order valence-electron chi connectivity index (χ3n) is 3.03. The molecule has 0 saturated carbocycles. The predicted molar refractivity (Wildman–Crippen MR) is 76.3 cm³/mol. The summed E-state index contributed by atoms with van der Waals surface area (Å²) >= 11 is 0. The van der Waals surface area contributed by atoms with E-state index in [0.717, 1.165) is 18.2 Å². The minimum Gasteiger partial charge on any atom is -0.466 e. The molecule has 0 aliphatic heterocycles. The Morgan fingerprint density at radius 2 is 1.71 bits per heavy atom. The number of carbonyl (C=O) groups excluding carboxylic acids is 2. The normalized spacial score (nSPS) is 11.2. The van der Waals surface area contributed by atoms with Gasteiger partial charge in [-0.1, -0.05) is 13.0 Å². The summed E-state index contributed by atoms with van der Waals surface area (Å²) in [4.78, 5) is 22.7. The largest absolute Gasteiger partial charge is 0.466 e. The highest BCUT2D eigenvalue weighted by Gasteiger charge is 2.34. The van der Waals surface area contributed by atoms with Crippen molar-refractivity contribution >= 4 is 11.9 Å². The third kappa shape index (κ3) is 6.55. The molecule has 0 heterocycles. The second kappa shape index (κ2) is 9.24. The highest BCUT2D eigenvalue weighted by molar-refractivity contribution is 5.72. The van der Waals surface area contributed by atoms with Crippen molar-refractivity contribution in [2.24, 2.45) is 0 Å². The van der Waals surface area contributed by atoms with Crippen molar-refractivity contribution in [3.05, 3.63) is 35.1 Å². The van der Waals surface area contributed by atoms with Gasteiger partial charge in [-0.15, -0.1) is 0 Å². The minimum absolute atomic E-state index is 0.00258. The molecule has 8 heteroatoms. The van der Waals surface area contributed by atoms with E-state index < -0.39 is 41.7 Å². The van der Waals surface area contributed by atoms with Crippen LogP contribution in [0.3, 0.4) is 0 Å². The van der Waals surface area contributed by atoms with Gasteiger partial charge in [0.2, 0.25) is 0 Å². The van der Waals surface area contributed by atoms with E-state index in [1.807, 2.05) is 6.92 Å². The highest BCUT2D eigenvalue weighted by Crippen LogP contribution is 2.33. The highest BCUT2D eigenvalue weighted by atomic mass is 19.4. The van der Waals surface area contributed by atoms with E-state index in [4.69, 9.17) is 4.74 Å². The van der Waals surface area contributed by atoms with Crippen LogP contribution >= 0.6 is 0 Å². The Labute approximate surface area is 136 Å². The van der Waals surface area contributed by atoms with Gasteiger partial charge in [0.25, 0.3) is 0 Å². The minimum atomic E-state index is -4.74. The Balaban J connectivity index is 2.49. The van der Waals surface area contributed by atoms with Crippen LogP contribution in [-0.2, 0) is 31.8 Å². The molecule has 0 saturated heterocycles. The van der Waals surface area contributed by atoms with E-state index in [1.54, 1.807) is 0 Å². The lowest BCUT2D eigenvalue weighted by Crippen LogP contribution is -2.14. The molecule has 0 radical (unpaired) electrons. The first-order chi connectivity index (χ1) is 11.3. The molecular formula is C16H18F4O4. The van der Waals surface area contributed by atoms with Crippen LogP contribution in [-0.4, -0.2) is 18.5 Å². The molecule has 0 spiro atoms. The van der Waals surface area contributed by atoms with Crippen LogP contribution in [0.5, 0.6) is 0 Å². The molecule has 0 aliphatic carbocycles. The van der Waals surface area contributed by atoms with E-state index >= 15 is 0 Å². The first kappa shape index (κ1) is 19.9. The van der Waals surface area contributed by atoms with Gasteiger partial charge in [0.15, 0.2) is 0 Å². The number of ether oxygens (including phenoxy) is 2. The number of hydrogen-bond donors (Lipinski definition) is 0. The summed E-state index contributed by atoms with van der Waals surface area (Å²) in [6, 6.07) is 2.52. The summed E-state index contributed by atoms with van der Waals surface area (Å²) in [5.74, 6) is -2.37. The van der Waals surface area contributed by atoms with E-state index in [2.05, 4.69) is 4.74 Å². The zero-order valence-electron chi connectivity index (χ0n) is 13.1. The molecular weight excluding hydrogens is 332 g/mol. The maximum atomic E-state index is 13.6. The lowest BCUT2D eigenvalue weighted by atomic mass is 10.1. The first-order valence-corrected chi connectivity index (χ1v) is 7.41. The number of halogens is 4. The Morgan fingerprint density at radius 3 is 2.29 bits per heavy atom. The fourth-order valence-corrected chi connectivity index (χ4v) is 1.86. The van der Waals surface area contributed by atoms with Crippen LogP contribution in [0.15, 0.2) is 18.2 Å². The second-order valence-electron chi connectivity index (χ2n) is 5.00. The van der Waals surface area contributed by atoms with Crippen molar-refractivity contribution in [2.45, 2.75) is 45.4 Å². The molecule has 4 nitrogen and oxygen atoms in total. The predicted octanol–water partition coefficient (Wildman–Crippen LogP) is 4.01. The zero-order chi connectivity index (χ0) is 18.2. The number of benzene rings is 1. The van der Waals surface area contributed by atoms with Crippen molar-refractivity contribution in [3.8, 4) is 0 Å². The van der Waals surface area contributed by atoms with Crippen LogP contribution < -0.4 is 0 Å². The first-order valence-electron chi connectivity index (χ1n) is 7.41. The molecule has 0 amide bonds. The summed E-state index contributed by atoms with van der Waals surface area (Å²) < 4.78 is 61.4. The molecule has 1 aromatic carbocycles. The summed E-state index contributed by atoms with van der Waals surface area (Å²) in [6.45, 7) is 1.31. The van der Waals surface area contributed by atoms with Crippen LogP contribution in [0, 0.1) is 5.82 Å². The van der Waals surface area contributed by atoms with E-state index in [-0.39, 0.29) is 25.9 Å². The Kier molecular flexibility index (Phi) is 7.67. The molecule has 0 unspecified atom stereocenters. The van der Waals surface area contributed by atoms with E-state index in [9.17, 15) is 27.2 Å². The molecule has 0 atom stereocenters. The summed E-state index contributed by atoms with van der Waals surface area (Å²) in [5, 5.41) is 0. The van der Waals surface area contributed by atoms with Crippen LogP contribution in [0.4, 0.5) is 17.6 Å². The Bertz CT molecular complexity index is 570. The van der Waals surface area contributed by atoms with Crippen molar-refractivity contribution in [1.29, 1.82) is 0 Å². The summed E-state index contributed by atoms with van der Waals surface area (Å²) in [7, 11) is 0. The average molecular weight is 350 g/mol. The van der Waals surface area contributed by atoms with E-state index in [1.165, 1.54) is 0 Å². The molecule has 0 aromatic heterocycles. The van der Waals surface area contributed by atoms with Gasteiger partial charge in [-0.05, 0) is 25.0 Å². The average Bonchev–Trinajstić information content (AvgIpc) is 2.50. The molecule has 1 rings (SSSR count). The fourth-order valence-electron chi connectivity index (χ4n) is 1.86. The van der Waals surface area contributed by atoms with Gasteiger partial charge < -0.3 is 9.47 Å². The number of rotatable bonds is 8. The molecule has 0 bridgehead atoms. The van der Waals surface area contributed by atoms with Gasteiger partial charge in [-0.25, -0.2) is 4.39 Å². The second-order valence-corrected chi connectivity index (χ2v) is 5.00. The number of esters is 2. The maximum Gasteiger partial charge on any atom is 0.416 e. The molecule has 1 aromatic rings. The fraction of sp³-hybridized carbons (Fsp3) is 0.500. The maximum absolute atomic E-state index is 13.6. The van der Waals surface area contributed by atoms with Gasteiger partial charge in [-0.2, -0.15) is 13.2 Å². The van der Waals surface area contributed by atoms with E-state index in [0.29, 0.717) is 6.42 Å². The summed E-state index contributed by atoms with van der Waals surface area (Å²) in [5.41, 5.74) is -1.90.